The van der Waals surface area contributed by atoms with Gasteiger partial charge in [-0.05, 0) is 56.0 Å². The lowest BCUT2D eigenvalue weighted by atomic mass is 10.1. The number of hydrogen-bond donors (Lipinski definition) is 2. The minimum atomic E-state index is -0.824. The summed E-state index contributed by atoms with van der Waals surface area (Å²) in [5.41, 5.74) is 4.07. The number of nitrogens with one attached hydrogen (secondary N) is 1. The van der Waals surface area contributed by atoms with E-state index in [1.807, 2.05) is 39.8 Å². The van der Waals surface area contributed by atoms with Crippen molar-refractivity contribution in [1.82, 2.24) is 15.1 Å². The minimum absolute atomic E-state index is 0.0258. The van der Waals surface area contributed by atoms with E-state index in [2.05, 4.69) is 10.4 Å². The molecule has 0 aliphatic rings. The van der Waals surface area contributed by atoms with Crippen LogP contribution >= 0.6 is 0 Å². The Hall–Kier alpha value is -2.67. The van der Waals surface area contributed by atoms with Crippen LogP contribution in [-0.2, 0) is 16.0 Å². The van der Waals surface area contributed by atoms with Gasteiger partial charge in [0.05, 0.1) is 17.5 Å². The number of aryl methyl sites for hydroxylation is 1. The third-order valence-corrected chi connectivity index (χ3v) is 4.91. The van der Waals surface area contributed by atoms with Crippen molar-refractivity contribution in [2.75, 3.05) is 13.7 Å². The number of carbonyl (C=O) groups is 2. The van der Waals surface area contributed by atoms with E-state index in [1.165, 1.54) is 0 Å². The van der Waals surface area contributed by atoms with Crippen LogP contribution in [0.5, 0.6) is 0 Å². The van der Waals surface area contributed by atoms with Crippen molar-refractivity contribution >= 4 is 11.9 Å². The Balaban J connectivity index is 2.11. The van der Waals surface area contributed by atoms with E-state index in [1.54, 1.807) is 23.9 Å². The average molecular weight is 387 g/mol. The van der Waals surface area contributed by atoms with Gasteiger partial charge in [-0.25, -0.2) is 4.68 Å². The van der Waals surface area contributed by atoms with Gasteiger partial charge in [-0.3, -0.25) is 9.59 Å². The number of hydrogen-bond acceptors (Lipinski definition) is 4. The van der Waals surface area contributed by atoms with Crippen LogP contribution in [0.15, 0.2) is 24.3 Å². The van der Waals surface area contributed by atoms with Gasteiger partial charge in [-0.1, -0.05) is 13.8 Å². The lowest BCUT2D eigenvalue weighted by molar-refractivity contribution is -0.136. The zero-order valence-corrected chi connectivity index (χ0v) is 17.2. The molecule has 2 N–H and O–H groups in total. The predicted octanol–water partition coefficient (Wildman–Crippen LogP) is 2.91. The maximum Gasteiger partial charge on any atom is 0.303 e. The molecule has 1 atom stereocenters. The van der Waals surface area contributed by atoms with Gasteiger partial charge in [0, 0.05) is 31.3 Å². The maximum atomic E-state index is 12.4. The fourth-order valence-electron chi connectivity index (χ4n) is 3.16. The largest absolute Gasteiger partial charge is 0.481 e. The summed E-state index contributed by atoms with van der Waals surface area (Å²) < 4.78 is 7.16. The maximum absolute atomic E-state index is 12.4. The van der Waals surface area contributed by atoms with Gasteiger partial charge in [0.15, 0.2) is 0 Å². The molecule has 28 heavy (non-hydrogen) atoms. The second-order valence-electron chi connectivity index (χ2n) is 7.23. The van der Waals surface area contributed by atoms with E-state index in [-0.39, 0.29) is 18.4 Å². The molecule has 0 saturated carbocycles. The van der Waals surface area contributed by atoms with Crippen LogP contribution in [0, 0.1) is 19.8 Å². The van der Waals surface area contributed by atoms with E-state index in [0.29, 0.717) is 24.4 Å². The molecule has 0 bridgehead atoms. The average Bonchev–Trinajstić information content (AvgIpc) is 2.94. The van der Waals surface area contributed by atoms with E-state index in [0.717, 1.165) is 22.6 Å². The Morgan fingerprint density at radius 1 is 1.21 bits per heavy atom. The molecule has 7 nitrogen and oxygen atoms in total. The number of methoxy groups -OCH3 is 1. The number of benzene rings is 1. The van der Waals surface area contributed by atoms with Crippen LogP contribution in [0.25, 0.3) is 5.69 Å². The highest BCUT2D eigenvalue weighted by Gasteiger charge is 2.16. The van der Waals surface area contributed by atoms with Gasteiger partial charge in [-0.15, -0.1) is 0 Å². The molecule has 0 fully saturated rings. The molecule has 1 aromatic heterocycles. The van der Waals surface area contributed by atoms with Crippen molar-refractivity contribution in [2.45, 2.75) is 46.6 Å². The van der Waals surface area contributed by atoms with E-state index >= 15 is 0 Å². The quantitative estimate of drug-likeness (QED) is 0.690. The third kappa shape index (κ3) is 5.19. The van der Waals surface area contributed by atoms with Gasteiger partial charge in [0.1, 0.15) is 0 Å². The van der Waals surface area contributed by atoms with Crippen molar-refractivity contribution in [2.24, 2.45) is 5.92 Å². The zero-order chi connectivity index (χ0) is 20.8. The van der Waals surface area contributed by atoms with Crippen molar-refractivity contribution in [3.63, 3.8) is 0 Å². The topological polar surface area (TPSA) is 93.5 Å². The SMILES string of the molecule is COC(CNC(=O)c1ccc(-n2nc(C)c(CCC(=O)O)c2C)cc1)C(C)C. The Kier molecular flexibility index (Phi) is 7.34. The molecule has 1 heterocycles. The molecule has 1 aromatic carbocycles. The van der Waals surface area contributed by atoms with Crippen LogP contribution < -0.4 is 5.32 Å². The van der Waals surface area contributed by atoms with Gasteiger partial charge in [0.2, 0.25) is 0 Å². The molecular weight excluding hydrogens is 358 g/mol. The Labute approximate surface area is 165 Å². The van der Waals surface area contributed by atoms with E-state index in [4.69, 9.17) is 9.84 Å². The summed E-state index contributed by atoms with van der Waals surface area (Å²) in [5.74, 6) is -0.658. The van der Waals surface area contributed by atoms with Crippen LogP contribution in [0.2, 0.25) is 0 Å². The lowest BCUT2D eigenvalue weighted by Crippen LogP contribution is -2.35. The summed E-state index contributed by atoms with van der Waals surface area (Å²) in [4.78, 5) is 23.2. The highest BCUT2D eigenvalue weighted by Crippen LogP contribution is 2.20. The van der Waals surface area contributed by atoms with Crippen molar-refractivity contribution < 1.29 is 19.4 Å². The third-order valence-electron chi connectivity index (χ3n) is 4.91. The fraction of sp³-hybridized carbons (Fsp3) is 0.476. The summed E-state index contributed by atoms with van der Waals surface area (Å²) >= 11 is 0. The monoisotopic (exact) mass is 387 g/mol. The fourth-order valence-corrected chi connectivity index (χ4v) is 3.16. The van der Waals surface area contributed by atoms with E-state index in [9.17, 15) is 9.59 Å². The number of carbonyl (C=O) groups excluding carboxylic acids is 1. The van der Waals surface area contributed by atoms with Crippen LogP contribution in [0.4, 0.5) is 0 Å². The first-order valence-corrected chi connectivity index (χ1v) is 9.42. The molecule has 0 spiro atoms. The molecule has 1 amide bonds. The number of amides is 1. The van der Waals surface area contributed by atoms with Crippen LogP contribution in [0.1, 0.15) is 47.6 Å². The first-order chi connectivity index (χ1) is 13.2. The van der Waals surface area contributed by atoms with Gasteiger partial charge in [0.25, 0.3) is 5.91 Å². The number of carboxylic acid groups (broad SMARTS) is 1. The van der Waals surface area contributed by atoms with Crippen LogP contribution in [-0.4, -0.2) is 46.5 Å². The highest BCUT2D eigenvalue weighted by atomic mass is 16.5. The summed E-state index contributed by atoms with van der Waals surface area (Å²) in [6, 6.07) is 7.20. The van der Waals surface area contributed by atoms with Gasteiger partial charge < -0.3 is 15.2 Å². The molecule has 0 aliphatic carbocycles. The Morgan fingerprint density at radius 2 is 1.86 bits per heavy atom. The number of aromatic nitrogens is 2. The molecular formula is C21H29N3O4. The smallest absolute Gasteiger partial charge is 0.303 e. The molecule has 0 saturated heterocycles. The molecule has 0 radical (unpaired) electrons. The molecule has 152 valence electrons. The normalized spacial score (nSPS) is 12.2. The van der Waals surface area contributed by atoms with Crippen LogP contribution in [0.3, 0.4) is 0 Å². The van der Waals surface area contributed by atoms with Crippen molar-refractivity contribution in [1.29, 1.82) is 0 Å². The summed E-state index contributed by atoms with van der Waals surface area (Å²) in [5, 5.41) is 16.3. The zero-order valence-electron chi connectivity index (χ0n) is 17.2. The first kappa shape index (κ1) is 21.6. The van der Waals surface area contributed by atoms with Gasteiger partial charge >= 0.3 is 5.97 Å². The number of ether oxygens (including phenoxy) is 1. The lowest BCUT2D eigenvalue weighted by Gasteiger charge is -2.19. The Bertz CT molecular complexity index is 825. The predicted molar refractivity (Wildman–Crippen MR) is 107 cm³/mol. The van der Waals surface area contributed by atoms with Crippen molar-refractivity contribution in [3.8, 4) is 5.69 Å². The second kappa shape index (κ2) is 9.50. The molecule has 7 heteroatoms. The molecule has 2 rings (SSSR count). The number of nitrogens with zero attached hydrogens (tertiary/aromatic N) is 2. The van der Waals surface area contributed by atoms with Crippen molar-refractivity contribution in [3.05, 3.63) is 46.8 Å². The Morgan fingerprint density at radius 3 is 2.39 bits per heavy atom. The second-order valence-corrected chi connectivity index (χ2v) is 7.23. The highest BCUT2D eigenvalue weighted by molar-refractivity contribution is 5.94. The standard InChI is InChI=1S/C21H29N3O4/c1-13(2)19(28-5)12-22-21(27)16-6-8-17(9-7-16)24-15(4)18(14(3)23-24)10-11-20(25)26/h6-9,13,19H,10-12H2,1-5H3,(H,22,27)(H,25,26). The summed E-state index contributed by atoms with van der Waals surface area (Å²) in [7, 11) is 1.64. The van der Waals surface area contributed by atoms with Gasteiger partial charge in [-0.2, -0.15) is 5.10 Å². The summed E-state index contributed by atoms with van der Waals surface area (Å²) in [6.45, 7) is 8.36. The molecule has 2 aromatic rings. The molecule has 1 unspecified atom stereocenters. The number of aliphatic carboxylic acids is 1. The number of carboxylic acids is 1. The minimum Gasteiger partial charge on any atom is -0.481 e. The first-order valence-electron chi connectivity index (χ1n) is 9.42. The summed E-state index contributed by atoms with van der Waals surface area (Å²) in [6.07, 6.45) is 0.497. The van der Waals surface area contributed by atoms with E-state index < -0.39 is 5.97 Å². The molecule has 0 aliphatic heterocycles. The number of rotatable bonds is 9.